The van der Waals surface area contributed by atoms with Crippen molar-refractivity contribution in [3.63, 3.8) is 0 Å². The molecule has 2 rings (SSSR count). The van der Waals surface area contributed by atoms with Crippen molar-refractivity contribution in [2.75, 3.05) is 20.2 Å². The molecule has 1 heterocycles. The summed E-state index contributed by atoms with van der Waals surface area (Å²) in [5.41, 5.74) is 1.06. The number of amides is 1. The fraction of sp³-hybridized carbons (Fsp3) is 0.588. The molecule has 0 bridgehead atoms. The number of hydrogen-bond donors (Lipinski definition) is 0. The van der Waals surface area contributed by atoms with Crippen molar-refractivity contribution in [1.82, 2.24) is 4.90 Å². The molecule has 1 aliphatic heterocycles. The van der Waals surface area contributed by atoms with Crippen LogP contribution in [0.15, 0.2) is 24.3 Å². The van der Waals surface area contributed by atoms with E-state index in [1.54, 1.807) is 7.11 Å². The van der Waals surface area contributed by atoms with Crippen LogP contribution in [0.2, 0.25) is 0 Å². The second-order valence-electron chi connectivity index (χ2n) is 5.64. The average molecular weight is 275 g/mol. The molecule has 20 heavy (non-hydrogen) atoms. The third-order valence-corrected chi connectivity index (χ3v) is 4.18. The maximum atomic E-state index is 12.3. The number of likely N-dealkylation sites (tertiary alicyclic amines) is 1. The number of rotatable bonds is 5. The van der Waals surface area contributed by atoms with Gasteiger partial charge in [0.05, 0.1) is 13.5 Å². The summed E-state index contributed by atoms with van der Waals surface area (Å²) in [5.74, 6) is 1.91. The first-order valence-corrected chi connectivity index (χ1v) is 7.63. The number of nitrogens with zero attached hydrogens (tertiary/aromatic N) is 1. The zero-order valence-electron chi connectivity index (χ0n) is 12.6. The Morgan fingerprint density at radius 2 is 1.90 bits per heavy atom. The van der Waals surface area contributed by atoms with Crippen LogP contribution in [-0.4, -0.2) is 31.0 Å². The van der Waals surface area contributed by atoms with E-state index in [0.717, 1.165) is 30.3 Å². The number of carbonyl (C=O) groups is 1. The highest BCUT2D eigenvalue weighted by atomic mass is 16.5. The highest BCUT2D eigenvalue weighted by Crippen LogP contribution is 2.22. The SMILES string of the molecule is CCCC1CCN(C(=O)Cc2ccc(OC)cc2)CC1. The minimum atomic E-state index is 0.255. The average Bonchev–Trinajstić information content (AvgIpc) is 2.49. The van der Waals surface area contributed by atoms with E-state index >= 15 is 0 Å². The van der Waals surface area contributed by atoms with Crippen molar-refractivity contribution in [3.05, 3.63) is 29.8 Å². The van der Waals surface area contributed by atoms with Crippen LogP contribution in [0.5, 0.6) is 5.75 Å². The number of benzene rings is 1. The predicted molar refractivity (Wildman–Crippen MR) is 80.9 cm³/mol. The van der Waals surface area contributed by atoms with Gasteiger partial charge in [0.1, 0.15) is 5.75 Å². The lowest BCUT2D eigenvalue weighted by molar-refractivity contribution is -0.131. The van der Waals surface area contributed by atoms with Gasteiger partial charge in [-0.2, -0.15) is 0 Å². The van der Waals surface area contributed by atoms with Crippen LogP contribution >= 0.6 is 0 Å². The largest absolute Gasteiger partial charge is 0.497 e. The van der Waals surface area contributed by atoms with E-state index in [1.165, 1.54) is 25.7 Å². The topological polar surface area (TPSA) is 29.5 Å². The molecule has 1 fully saturated rings. The molecule has 3 nitrogen and oxygen atoms in total. The summed E-state index contributed by atoms with van der Waals surface area (Å²) < 4.78 is 5.13. The Labute approximate surface area is 121 Å². The highest BCUT2D eigenvalue weighted by molar-refractivity contribution is 5.78. The molecule has 0 aromatic heterocycles. The van der Waals surface area contributed by atoms with Crippen LogP contribution in [0.1, 0.15) is 38.2 Å². The maximum Gasteiger partial charge on any atom is 0.226 e. The Balaban J connectivity index is 1.83. The van der Waals surface area contributed by atoms with E-state index in [2.05, 4.69) is 6.92 Å². The molecule has 0 atom stereocenters. The second kappa shape index (κ2) is 7.32. The van der Waals surface area contributed by atoms with Crippen molar-refractivity contribution in [3.8, 4) is 5.75 Å². The molecule has 0 unspecified atom stereocenters. The molecule has 3 heteroatoms. The number of piperidine rings is 1. The summed E-state index contributed by atoms with van der Waals surface area (Å²) in [6.45, 7) is 4.10. The van der Waals surface area contributed by atoms with Gasteiger partial charge in [-0.1, -0.05) is 31.9 Å². The molecule has 1 saturated heterocycles. The molecule has 1 aliphatic rings. The van der Waals surface area contributed by atoms with Crippen molar-refractivity contribution in [2.45, 2.75) is 39.0 Å². The predicted octanol–water partition coefficient (Wildman–Crippen LogP) is 3.28. The normalized spacial score (nSPS) is 16.2. The zero-order valence-corrected chi connectivity index (χ0v) is 12.6. The van der Waals surface area contributed by atoms with Gasteiger partial charge in [0.25, 0.3) is 0 Å². The van der Waals surface area contributed by atoms with Crippen molar-refractivity contribution >= 4 is 5.91 Å². The van der Waals surface area contributed by atoms with E-state index in [4.69, 9.17) is 4.74 Å². The Morgan fingerprint density at radius 1 is 1.25 bits per heavy atom. The third-order valence-electron chi connectivity index (χ3n) is 4.18. The van der Waals surface area contributed by atoms with Gasteiger partial charge in [0.15, 0.2) is 0 Å². The van der Waals surface area contributed by atoms with Gasteiger partial charge in [-0.05, 0) is 36.5 Å². The Bertz CT molecular complexity index is 419. The third kappa shape index (κ3) is 3.99. The van der Waals surface area contributed by atoms with Gasteiger partial charge in [-0.15, -0.1) is 0 Å². The maximum absolute atomic E-state index is 12.3. The van der Waals surface area contributed by atoms with Gasteiger partial charge >= 0.3 is 0 Å². The van der Waals surface area contributed by atoms with E-state index in [9.17, 15) is 4.79 Å². The summed E-state index contributed by atoms with van der Waals surface area (Å²) in [4.78, 5) is 14.3. The fourth-order valence-corrected chi connectivity index (χ4v) is 2.91. The molecule has 0 saturated carbocycles. The molecule has 110 valence electrons. The number of carbonyl (C=O) groups excluding carboxylic acids is 1. The first-order chi connectivity index (χ1) is 9.72. The van der Waals surface area contributed by atoms with E-state index < -0.39 is 0 Å². The minimum absolute atomic E-state index is 0.255. The molecule has 1 aromatic carbocycles. The van der Waals surface area contributed by atoms with E-state index in [1.807, 2.05) is 29.2 Å². The Hall–Kier alpha value is -1.51. The summed E-state index contributed by atoms with van der Waals surface area (Å²) in [6, 6.07) is 7.77. The molecule has 0 aliphatic carbocycles. The standard InChI is InChI=1S/C17H25NO2/c1-3-4-14-9-11-18(12-10-14)17(19)13-15-5-7-16(20-2)8-6-15/h5-8,14H,3-4,9-13H2,1-2H3. The summed E-state index contributed by atoms with van der Waals surface area (Å²) in [6.07, 6.45) is 5.40. The van der Waals surface area contributed by atoms with Crippen LogP contribution in [0.25, 0.3) is 0 Å². The molecule has 0 spiro atoms. The van der Waals surface area contributed by atoms with Gasteiger partial charge in [0.2, 0.25) is 5.91 Å². The van der Waals surface area contributed by atoms with Gasteiger partial charge in [0, 0.05) is 13.1 Å². The number of hydrogen-bond acceptors (Lipinski definition) is 2. The van der Waals surface area contributed by atoms with Crippen molar-refractivity contribution < 1.29 is 9.53 Å². The van der Waals surface area contributed by atoms with E-state index in [0.29, 0.717) is 6.42 Å². The van der Waals surface area contributed by atoms with Crippen LogP contribution in [0.3, 0.4) is 0 Å². The summed E-state index contributed by atoms with van der Waals surface area (Å²) >= 11 is 0. The highest BCUT2D eigenvalue weighted by Gasteiger charge is 2.22. The second-order valence-corrected chi connectivity index (χ2v) is 5.64. The van der Waals surface area contributed by atoms with Crippen molar-refractivity contribution in [1.29, 1.82) is 0 Å². The molecule has 1 aromatic rings. The molecule has 1 amide bonds. The lowest BCUT2D eigenvalue weighted by Gasteiger charge is -2.32. The van der Waals surface area contributed by atoms with Gasteiger partial charge in [-0.25, -0.2) is 0 Å². The van der Waals surface area contributed by atoms with Gasteiger partial charge < -0.3 is 9.64 Å². The minimum Gasteiger partial charge on any atom is -0.497 e. The number of ether oxygens (including phenoxy) is 1. The van der Waals surface area contributed by atoms with Gasteiger partial charge in [-0.3, -0.25) is 4.79 Å². The Morgan fingerprint density at radius 3 is 2.45 bits per heavy atom. The van der Waals surface area contributed by atoms with Crippen LogP contribution < -0.4 is 4.74 Å². The molecular formula is C17H25NO2. The number of methoxy groups -OCH3 is 1. The van der Waals surface area contributed by atoms with Crippen LogP contribution in [-0.2, 0) is 11.2 Å². The Kier molecular flexibility index (Phi) is 5.45. The van der Waals surface area contributed by atoms with Crippen molar-refractivity contribution in [2.24, 2.45) is 5.92 Å². The molecule has 0 radical (unpaired) electrons. The summed E-state index contributed by atoms with van der Waals surface area (Å²) in [5, 5.41) is 0. The fourth-order valence-electron chi connectivity index (χ4n) is 2.91. The quantitative estimate of drug-likeness (QED) is 0.825. The van der Waals surface area contributed by atoms with E-state index in [-0.39, 0.29) is 5.91 Å². The van der Waals surface area contributed by atoms with Crippen LogP contribution in [0.4, 0.5) is 0 Å². The van der Waals surface area contributed by atoms with Crippen LogP contribution in [0, 0.1) is 5.92 Å². The first-order valence-electron chi connectivity index (χ1n) is 7.63. The molecular weight excluding hydrogens is 250 g/mol. The zero-order chi connectivity index (χ0) is 14.4. The lowest BCUT2D eigenvalue weighted by Crippen LogP contribution is -2.39. The first kappa shape index (κ1) is 14.9. The molecule has 0 N–H and O–H groups in total. The monoisotopic (exact) mass is 275 g/mol. The summed E-state index contributed by atoms with van der Waals surface area (Å²) in [7, 11) is 1.65. The lowest BCUT2D eigenvalue weighted by atomic mass is 9.92. The smallest absolute Gasteiger partial charge is 0.226 e.